The molecular weight excluding hydrogens is 276 g/mol. The maximum atomic E-state index is 11.7. The molecule has 0 fully saturated rings. The second-order valence-corrected chi connectivity index (χ2v) is 5.80. The summed E-state index contributed by atoms with van der Waals surface area (Å²) in [6.07, 6.45) is 1.56. The number of unbranched alkanes of at least 4 members (excludes halogenated alkanes) is 1. The number of amides is 1. The van der Waals surface area contributed by atoms with Crippen LogP contribution in [0.25, 0.3) is 10.2 Å². The minimum absolute atomic E-state index is 0.0871. The van der Waals surface area contributed by atoms with Crippen LogP contribution in [-0.4, -0.2) is 22.0 Å². The Labute approximate surface area is 120 Å². The fourth-order valence-corrected chi connectivity index (χ4v) is 2.77. The number of carboxylic acid groups (broad SMARTS) is 1. The van der Waals surface area contributed by atoms with Gasteiger partial charge < -0.3 is 10.4 Å². The molecule has 0 radical (unpaired) electrons. The number of rotatable bonds is 6. The molecule has 0 aliphatic rings. The Morgan fingerprint density at radius 3 is 2.80 bits per heavy atom. The van der Waals surface area contributed by atoms with Gasteiger partial charge in [0.1, 0.15) is 0 Å². The van der Waals surface area contributed by atoms with E-state index in [-0.39, 0.29) is 12.3 Å². The third-order valence-corrected chi connectivity index (χ3v) is 3.76. The molecule has 6 heteroatoms. The summed E-state index contributed by atoms with van der Waals surface area (Å²) in [6, 6.07) is 5.63. The maximum absolute atomic E-state index is 11.7. The average molecular weight is 292 g/mol. The number of hydrogen-bond donors (Lipinski definition) is 2. The third kappa shape index (κ3) is 4.03. The number of nitrogens with zero attached hydrogens (tertiary/aromatic N) is 1. The molecule has 0 atom stereocenters. The molecule has 1 aromatic heterocycles. The monoisotopic (exact) mass is 292 g/mol. The number of aryl methyl sites for hydroxylation is 1. The first kappa shape index (κ1) is 14.5. The van der Waals surface area contributed by atoms with Gasteiger partial charge in [0.15, 0.2) is 0 Å². The first-order valence-corrected chi connectivity index (χ1v) is 7.25. The largest absolute Gasteiger partial charge is 0.481 e. The first-order chi connectivity index (χ1) is 9.54. The van der Waals surface area contributed by atoms with Crippen LogP contribution in [-0.2, 0) is 9.59 Å². The third-order valence-electron chi connectivity index (χ3n) is 2.82. The van der Waals surface area contributed by atoms with E-state index in [1.165, 1.54) is 0 Å². The predicted octanol–water partition coefficient (Wildman–Crippen LogP) is 3.19. The van der Waals surface area contributed by atoms with Gasteiger partial charge in [0.05, 0.1) is 15.2 Å². The molecule has 2 aromatic rings. The molecule has 5 nitrogen and oxygen atoms in total. The Bertz CT molecular complexity index is 636. The molecule has 0 aliphatic carbocycles. The van der Waals surface area contributed by atoms with Gasteiger partial charge in [-0.1, -0.05) is 0 Å². The van der Waals surface area contributed by atoms with E-state index < -0.39 is 5.97 Å². The van der Waals surface area contributed by atoms with Crippen molar-refractivity contribution in [3.8, 4) is 0 Å². The Morgan fingerprint density at radius 1 is 1.30 bits per heavy atom. The number of thiazole rings is 1. The fourth-order valence-electron chi connectivity index (χ4n) is 1.90. The van der Waals surface area contributed by atoms with E-state index in [0.717, 1.165) is 20.9 Å². The highest BCUT2D eigenvalue weighted by Crippen LogP contribution is 2.24. The SMILES string of the molecule is Cc1nc2ccc(NC(=O)CCCCC(=O)O)cc2s1. The molecule has 0 saturated carbocycles. The summed E-state index contributed by atoms with van der Waals surface area (Å²) < 4.78 is 1.05. The van der Waals surface area contributed by atoms with Crippen LogP contribution in [0.4, 0.5) is 5.69 Å². The van der Waals surface area contributed by atoms with E-state index in [4.69, 9.17) is 5.11 Å². The van der Waals surface area contributed by atoms with Crippen molar-refractivity contribution in [3.63, 3.8) is 0 Å². The van der Waals surface area contributed by atoms with E-state index >= 15 is 0 Å². The van der Waals surface area contributed by atoms with Gasteiger partial charge in [0.2, 0.25) is 5.91 Å². The lowest BCUT2D eigenvalue weighted by Crippen LogP contribution is -2.11. The van der Waals surface area contributed by atoms with Gasteiger partial charge in [-0.25, -0.2) is 4.98 Å². The molecule has 2 N–H and O–H groups in total. The number of carboxylic acids is 1. The van der Waals surface area contributed by atoms with Crippen molar-refractivity contribution in [2.75, 3.05) is 5.32 Å². The standard InChI is InChI=1S/C14H16N2O3S/c1-9-15-11-7-6-10(8-12(11)20-9)16-13(17)4-2-3-5-14(18)19/h6-8H,2-5H2,1H3,(H,16,17)(H,18,19). The summed E-state index contributed by atoms with van der Waals surface area (Å²) >= 11 is 1.59. The molecule has 1 aromatic carbocycles. The van der Waals surface area contributed by atoms with Crippen LogP contribution in [0.5, 0.6) is 0 Å². The van der Waals surface area contributed by atoms with Gasteiger partial charge in [0, 0.05) is 18.5 Å². The molecule has 2 rings (SSSR count). The van der Waals surface area contributed by atoms with E-state index in [0.29, 0.717) is 19.3 Å². The minimum Gasteiger partial charge on any atom is -0.481 e. The van der Waals surface area contributed by atoms with Crippen molar-refractivity contribution in [2.24, 2.45) is 0 Å². The zero-order valence-electron chi connectivity index (χ0n) is 11.2. The lowest BCUT2D eigenvalue weighted by molar-refractivity contribution is -0.137. The topological polar surface area (TPSA) is 79.3 Å². The fraction of sp³-hybridized carbons (Fsp3) is 0.357. The van der Waals surface area contributed by atoms with E-state index in [1.54, 1.807) is 11.3 Å². The number of aliphatic carboxylic acids is 1. The molecular formula is C14H16N2O3S. The highest BCUT2D eigenvalue weighted by Gasteiger charge is 2.06. The zero-order valence-corrected chi connectivity index (χ0v) is 12.0. The smallest absolute Gasteiger partial charge is 0.303 e. The number of nitrogens with one attached hydrogen (secondary N) is 1. The molecule has 0 spiro atoms. The number of benzene rings is 1. The van der Waals surface area contributed by atoms with Crippen LogP contribution in [0.2, 0.25) is 0 Å². The van der Waals surface area contributed by atoms with Gasteiger partial charge in [-0.2, -0.15) is 0 Å². The molecule has 0 unspecified atom stereocenters. The lowest BCUT2D eigenvalue weighted by Gasteiger charge is -2.04. The summed E-state index contributed by atoms with van der Waals surface area (Å²) in [5, 5.41) is 12.3. The van der Waals surface area contributed by atoms with Gasteiger partial charge in [-0.05, 0) is 38.0 Å². The van der Waals surface area contributed by atoms with Crippen molar-refractivity contribution < 1.29 is 14.7 Å². The van der Waals surface area contributed by atoms with Gasteiger partial charge in [-0.15, -0.1) is 11.3 Å². The molecule has 0 saturated heterocycles. The Balaban J connectivity index is 1.87. The van der Waals surface area contributed by atoms with Crippen LogP contribution in [0.1, 0.15) is 30.7 Å². The van der Waals surface area contributed by atoms with Crippen LogP contribution in [0.3, 0.4) is 0 Å². The molecule has 20 heavy (non-hydrogen) atoms. The highest BCUT2D eigenvalue weighted by molar-refractivity contribution is 7.18. The number of anilines is 1. The second kappa shape index (κ2) is 6.47. The van der Waals surface area contributed by atoms with Crippen LogP contribution in [0, 0.1) is 6.92 Å². The summed E-state index contributed by atoms with van der Waals surface area (Å²) in [7, 11) is 0. The van der Waals surface area contributed by atoms with Gasteiger partial charge in [-0.3, -0.25) is 9.59 Å². The Hall–Kier alpha value is -1.95. The van der Waals surface area contributed by atoms with Crippen LogP contribution in [0.15, 0.2) is 18.2 Å². The quantitative estimate of drug-likeness (QED) is 0.801. The number of fused-ring (bicyclic) bond motifs is 1. The van der Waals surface area contributed by atoms with Crippen LogP contribution >= 0.6 is 11.3 Å². The lowest BCUT2D eigenvalue weighted by atomic mass is 10.2. The van der Waals surface area contributed by atoms with Crippen molar-refractivity contribution in [1.82, 2.24) is 4.98 Å². The van der Waals surface area contributed by atoms with Crippen molar-refractivity contribution in [3.05, 3.63) is 23.2 Å². The molecule has 0 bridgehead atoms. The molecule has 0 aliphatic heterocycles. The van der Waals surface area contributed by atoms with E-state index in [9.17, 15) is 9.59 Å². The molecule has 1 amide bonds. The van der Waals surface area contributed by atoms with E-state index in [2.05, 4.69) is 10.3 Å². The number of carbonyl (C=O) groups excluding carboxylic acids is 1. The summed E-state index contributed by atoms with van der Waals surface area (Å²) in [5.74, 6) is -0.910. The predicted molar refractivity (Wildman–Crippen MR) is 79.1 cm³/mol. The minimum atomic E-state index is -0.823. The van der Waals surface area contributed by atoms with Crippen LogP contribution < -0.4 is 5.32 Å². The summed E-state index contributed by atoms with van der Waals surface area (Å²) in [5.41, 5.74) is 1.69. The molecule has 1 heterocycles. The normalized spacial score (nSPS) is 10.7. The summed E-state index contributed by atoms with van der Waals surface area (Å²) in [4.78, 5) is 26.4. The highest BCUT2D eigenvalue weighted by atomic mass is 32.1. The van der Waals surface area contributed by atoms with Gasteiger partial charge in [0.25, 0.3) is 0 Å². The number of carbonyl (C=O) groups is 2. The van der Waals surface area contributed by atoms with Crippen molar-refractivity contribution >= 4 is 39.1 Å². The number of aromatic nitrogens is 1. The first-order valence-electron chi connectivity index (χ1n) is 6.43. The van der Waals surface area contributed by atoms with Crippen molar-refractivity contribution in [1.29, 1.82) is 0 Å². The van der Waals surface area contributed by atoms with E-state index in [1.807, 2.05) is 25.1 Å². The number of hydrogen-bond acceptors (Lipinski definition) is 4. The van der Waals surface area contributed by atoms with Crippen molar-refractivity contribution in [2.45, 2.75) is 32.6 Å². The Kier molecular flexibility index (Phi) is 4.68. The summed E-state index contributed by atoms with van der Waals surface area (Å²) in [6.45, 7) is 1.95. The van der Waals surface area contributed by atoms with Gasteiger partial charge >= 0.3 is 5.97 Å². The zero-order chi connectivity index (χ0) is 14.5. The second-order valence-electron chi connectivity index (χ2n) is 4.56. The maximum Gasteiger partial charge on any atom is 0.303 e. The molecule has 106 valence electrons. The Morgan fingerprint density at radius 2 is 2.05 bits per heavy atom. The average Bonchev–Trinajstić information content (AvgIpc) is 2.74.